The lowest BCUT2D eigenvalue weighted by Gasteiger charge is -2.09. The predicted molar refractivity (Wildman–Crippen MR) is 81.9 cm³/mol. The average Bonchev–Trinajstić information content (AvgIpc) is 2.39. The van der Waals surface area contributed by atoms with Gasteiger partial charge in [-0.3, -0.25) is 4.98 Å². The van der Waals surface area contributed by atoms with Crippen molar-refractivity contribution in [2.24, 2.45) is 0 Å². The molecule has 2 aromatic carbocycles. The maximum Gasteiger partial charge on any atom is 0.0726 e. The maximum atomic E-state index is 6.23. The van der Waals surface area contributed by atoms with Crippen molar-refractivity contribution in [1.29, 1.82) is 0 Å². The lowest BCUT2D eigenvalue weighted by Crippen LogP contribution is -1.90. The fourth-order valence-corrected chi connectivity index (χ4v) is 2.82. The number of fused-ring (bicyclic) bond motifs is 1. The van der Waals surface area contributed by atoms with Crippen LogP contribution in [0.3, 0.4) is 0 Å². The van der Waals surface area contributed by atoms with Gasteiger partial charge in [0.2, 0.25) is 0 Å². The van der Waals surface area contributed by atoms with Crippen molar-refractivity contribution < 1.29 is 0 Å². The lowest BCUT2D eigenvalue weighted by molar-refractivity contribution is 1.24. The van der Waals surface area contributed by atoms with Gasteiger partial charge in [-0.05, 0) is 30.5 Å². The van der Waals surface area contributed by atoms with E-state index in [1.165, 1.54) is 0 Å². The highest BCUT2D eigenvalue weighted by molar-refractivity contribution is 6.36. The first-order chi connectivity index (χ1) is 9.16. The number of nitrogens with zero attached hydrogens (tertiary/aromatic N) is 1. The molecule has 0 fully saturated rings. The van der Waals surface area contributed by atoms with Gasteiger partial charge in [0.05, 0.1) is 10.7 Å². The third kappa shape index (κ3) is 2.20. The standard InChI is InChI=1S/C16H11Cl2N/c1-10-16-11(5-4-8-14(16)18)9-15(19-10)12-6-2-3-7-13(12)17/h2-9H,1H3. The van der Waals surface area contributed by atoms with Crippen LogP contribution in [0.15, 0.2) is 48.5 Å². The highest BCUT2D eigenvalue weighted by Gasteiger charge is 2.09. The summed E-state index contributed by atoms with van der Waals surface area (Å²) in [7, 11) is 0. The third-order valence-electron chi connectivity index (χ3n) is 3.14. The van der Waals surface area contributed by atoms with Crippen molar-refractivity contribution in [3.63, 3.8) is 0 Å². The van der Waals surface area contributed by atoms with E-state index in [0.717, 1.165) is 32.7 Å². The summed E-state index contributed by atoms with van der Waals surface area (Å²) in [5.41, 5.74) is 2.73. The molecule has 3 heteroatoms. The number of aryl methyl sites for hydroxylation is 1. The van der Waals surface area contributed by atoms with Crippen LogP contribution in [-0.4, -0.2) is 4.98 Å². The second-order valence-electron chi connectivity index (χ2n) is 4.41. The first-order valence-corrected chi connectivity index (χ1v) is 6.73. The van der Waals surface area contributed by atoms with Crippen LogP contribution in [0.5, 0.6) is 0 Å². The molecule has 0 saturated carbocycles. The Labute approximate surface area is 121 Å². The minimum Gasteiger partial charge on any atom is -0.252 e. The second-order valence-corrected chi connectivity index (χ2v) is 5.23. The summed E-state index contributed by atoms with van der Waals surface area (Å²) >= 11 is 12.5. The molecule has 0 unspecified atom stereocenters. The van der Waals surface area contributed by atoms with Gasteiger partial charge in [0, 0.05) is 21.7 Å². The predicted octanol–water partition coefficient (Wildman–Crippen LogP) is 5.52. The summed E-state index contributed by atoms with van der Waals surface area (Å²) in [6.45, 7) is 1.97. The van der Waals surface area contributed by atoms with E-state index in [1.54, 1.807) is 0 Å². The van der Waals surface area contributed by atoms with Gasteiger partial charge in [0.15, 0.2) is 0 Å². The topological polar surface area (TPSA) is 12.9 Å². The first-order valence-electron chi connectivity index (χ1n) is 5.97. The minimum absolute atomic E-state index is 0.704. The summed E-state index contributed by atoms with van der Waals surface area (Å²) in [6.07, 6.45) is 0. The van der Waals surface area contributed by atoms with E-state index in [4.69, 9.17) is 23.2 Å². The number of rotatable bonds is 1. The molecule has 0 aliphatic carbocycles. The molecule has 3 rings (SSSR count). The Kier molecular flexibility index (Phi) is 3.17. The van der Waals surface area contributed by atoms with Crippen LogP contribution in [0.25, 0.3) is 22.0 Å². The minimum atomic E-state index is 0.704. The summed E-state index contributed by atoms with van der Waals surface area (Å²) in [6, 6.07) is 15.6. The number of pyridine rings is 1. The summed E-state index contributed by atoms with van der Waals surface area (Å²) in [5.74, 6) is 0. The Hall–Kier alpha value is -1.57. The van der Waals surface area contributed by atoms with Gasteiger partial charge in [-0.15, -0.1) is 0 Å². The van der Waals surface area contributed by atoms with Gasteiger partial charge in [0.1, 0.15) is 0 Å². The quantitative estimate of drug-likeness (QED) is 0.574. The molecule has 0 atom stereocenters. The van der Waals surface area contributed by atoms with Crippen LogP contribution in [0.2, 0.25) is 10.0 Å². The van der Waals surface area contributed by atoms with Gasteiger partial charge >= 0.3 is 0 Å². The van der Waals surface area contributed by atoms with Crippen molar-refractivity contribution in [2.45, 2.75) is 6.92 Å². The molecule has 3 aromatic rings. The van der Waals surface area contributed by atoms with Crippen molar-refractivity contribution in [1.82, 2.24) is 4.98 Å². The SMILES string of the molecule is Cc1nc(-c2ccccc2Cl)cc2cccc(Cl)c12. The Morgan fingerprint density at radius 3 is 2.42 bits per heavy atom. The fraction of sp³-hybridized carbons (Fsp3) is 0.0625. The van der Waals surface area contributed by atoms with Crippen LogP contribution in [0.4, 0.5) is 0 Å². The van der Waals surface area contributed by atoms with Crippen molar-refractivity contribution in [3.05, 3.63) is 64.3 Å². The highest BCUT2D eigenvalue weighted by atomic mass is 35.5. The summed E-state index contributed by atoms with van der Waals surface area (Å²) < 4.78 is 0. The zero-order valence-corrected chi connectivity index (χ0v) is 11.8. The molecule has 0 bridgehead atoms. The van der Waals surface area contributed by atoms with E-state index in [-0.39, 0.29) is 0 Å². The molecule has 0 aliphatic rings. The number of halogens is 2. The fourth-order valence-electron chi connectivity index (χ4n) is 2.27. The van der Waals surface area contributed by atoms with Crippen LogP contribution in [0, 0.1) is 6.92 Å². The molecule has 1 heterocycles. The van der Waals surface area contributed by atoms with Crippen molar-refractivity contribution in [2.75, 3.05) is 0 Å². The molecule has 0 N–H and O–H groups in total. The van der Waals surface area contributed by atoms with E-state index in [1.807, 2.05) is 55.5 Å². The summed E-state index contributed by atoms with van der Waals surface area (Å²) in [4.78, 5) is 4.62. The molecule has 19 heavy (non-hydrogen) atoms. The molecule has 94 valence electrons. The van der Waals surface area contributed by atoms with E-state index in [2.05, 4.69) is 4.98 Å². The number of benzene rings is 2. The largest absolute Gasteiger partial charge is 0.252 e. The molecule has 0 aliphatic heterocycles. The highest BCUT2D eigenvalue weighted by Crippen LogP contribution is 2.32. The Morgan fingerprint density at radius 2 is 1.63 bits per heavy atom. The molecule has 0 saturated heterocycles. The van der Waals surface area contributed by atoms with Crippen molar-refractivity contribution in [3.8, 4) is 11.3 Å². The Balaban J connectivity index is 2.31. The molecular weight excluding hydrogens is 277 g/mol. The van der Waals surface area contributed by atoms with Gasteiger partial charge in [0.25, 0.3) is 0 Å². The van der Waals surface area contributed by atoms with Crippen LogP contribution in [0.1, 0.15) is 5.69 Å². The molecular formula is C16H11Cl2N. The normalized spacial score (nSPS) is 10.9. The lowest BCUT2D eigenvalue weighted by atomic mass is 10.1. The Morgan fingerprint density at radius 1 is 0.895 bits per heavy atom. The smallest absolute Gasteiger partial charge is 0.0726 e. The van der Waals surface area contributed by atoms with E-state index < -0.39 is 0 Å². The van der Waals surface area contributed by atoms with E-state index >= 15 is 0 Å². The van der Waals surface area contributed by atoms with Crippen LogP contribution >= 0.6 is 23.2 Å². The molecule has 0 spiro atoms. The van der Waals surface area contributed by atoms with Gasteiger partial charge < -0.3 is 0 Å². The summed E-state index contributed by atoms with van der Waals surface area (Å²) in [5, 5.41) is 3.51. The number of hydrogen-bond donors (Lipinski definition) is 0. The van der Waals surface area contributed by atoms with Crippen molar-refractivity contribution >= 4 is 34.0 Å². The zero-order chi connectivity index (χ0) is 13.4. The van der Waals surface area contributed by atoms with Gasteiger partial charge in [-0.2, -0.15) is 0 Å². The van der Waals surface area contributed by atoms with Crippen LogP contribution < -0.4 is 0 Å². The monoisotopic (exact) mass is 287 g/mol. The molecule has 0 amide bonds. The number of hydrogen-bond acceptors (Lipinski definition) is 1. The molecule has 1 nitrogen and oxygen atoms in total. The average molecular weight is 288 g/mol. The van der Waals surface area contributed by atoms with Crippen LogP contribution in [-0.2, 0) is 0 Å². The molecule has 0 radical (unpaired) electrons. The Bertz CT molecular complexity index is 766. The van der Waals surface area contributed by atoms with Gasteiger partial charge in [-0.1, -0.05) is 53.5 Å². The zero-order valence-electron chi connectivity index (χ0n) is 10.3. The van der Waals surface area contributed by atoms with Gasteiger partial charge in [-0.25, -0.2) is 0 Å². The third-order valence-corrected chi connectivity index (χ3v) is 3.78. The maximum absolute atomic E-state index is 6.23. The van der Waals surface area contributed by atoms with E-state index in [9.17, 15) is 0 Å². The second kappa shape index (κ2) is 4.84. The first kappa shape index (κ1) is 12.5. The van der Waals surface area contributed by atoms with E-state index in [0.29, 0.717) is 5.02 Å². The number of aromatic nitrogens is 1. The molecule has 1 aromatic heterocycles.